The number of rotatable bonds is 22. The van der Waals surface area contributed by atoms with Gasteiger partial charge in [-0.15, -0.1) is 0 Å². The van der Waals surface area contributed by atoms with Crippen LogP contribution in [0.25, 0.3) is 0 Å². The summed E-state index contributed by atoms with van der Waals surface area (Å²) in [6.45, 7) is 9.13. The van der Waals surface area contributed by atoms with Crippen molar-refractivity contribution in [1.82, 2.24) is 0 Å². The van der Waals surface area contributed by atoms with Crippen molar-refractivity contribution in [2.45, 2.75) is 149 Å². The minimum absolute atomic E-state index is 0.205. The van der Waals surface area contributed by atoms with Crippen LogP contribution in [-0.4, -0.2) is 50.2 Å². The van der Waals surface area contributed by atoms with Crippen LogP contribution in [0.1, 0.15) is 77.0 Å². The highest BCUT2D eigenvalue weighted by atomic mass is 35.6. The van der Waals surface area contributed by atoms with Gasteiger partial charge in [0.05, 0.1) is 0 Å². The van der Waals surface area contributed by atoms with Crippen LogP contribution < -0.4 is 0 Å². The van der Waals surface area contributed by atoms with Gasteiger partial charge in [0, 0.05) is 0 Å². The maximum Gasteiger partial charge on any atom is 0.226 e. The first-order valence-corrected chi connectivity index (χ1v) is 27.8. The first kappa shape index (κ1) is 52.6. The summed E-state index contributed by atoms with van der Waals surface area (Å²) in [6.07, 6.45) is 9.53. The minimum Gasteiger partial charge on any atom is -0.455 e. The molecule has 0 radical (unpaired) electrons. The summed E-state index contributed by atoms with van der Waals surface area (Å²) in [5.74, 6) is 0. The Labute approximate surface area is 373 Å². The molecule has 47 heavy (non-hydrogen) atoms. The molecule has 0 heterocycles. The Hall–Kier alpha value is 5.61. The Kier molecular flexibility index (Phi) is 22.8. The van der Waals surface area contributed by atoms with Crippen LogP contribution in [-0.2, 0) is 4.12 Å². The van der Waals surface area contributed by atoms with Crippen molar-refractivity contribution >= 4 is 225 Å². The minimum atomic E-state index is -2.25. The predicted octanol–water partition coefficient (Wildman–Crippen LogP) is 17.9. The molecule has 0 saturated heterocycles. The lowest BCUT2D eigenvalue weighted by molar-refractivity contribution is 0.500. The van der Waals surface area contributed by atoms with Gasteiger partial charge in [-0.1, -0.05) is 273 Å². The van der Waals surface area contributed by atoms with E-state index in [-0.39, 0.29) is 12.8 Å². The molecule has 0 unspecified atom stereocenters. The molecule has 0 amide bonds. The number of hydrogen-bond donors (Lipinski definition) is 0. The van der Waals surface area contributed by atoms with Crippen LogP contribution in [0, 0.1) is 0 Å². The average Bonchev–Trinajstić information content (AvgIpc) is 2.84. The highest BCUT2D eigenvalue weighted by Crippen LogP contribution is 2.64. The van der Waals surface area contributed by atoms with Crippen molar-refractivity contribution < 1.29 is 4.12 Å². The lowest BCUT2D eigenvalue weighted by Gasteiger charge is -2.44. The highest BCUT2D eigenvalue weighted by Gasteiger charge is 2.68. The zero-order valence-corrected chi connectivity index (χ0v) is 41.7. The number of hydrogen-bond acceptors (Lipinski definition) is 1. The largest absolute Gasteiger partial charge is 0.455 e. The van der Waals surface area contributed by atoms with E-state index in [4.69, 9.17) is 213 Å². The summed E-state index contributed by atoms with van der Waals surface area (Å²) in [5.41, 5.74) is 0. The molecule has 0 aromatic carbocycles. The second kappa shape index (κ2) is 20.3. The van der Waals surface area contributed by atoms with Gasteiger partial charge >= 0.3 is 0 Å². The molecular formula is C26H40Cl18OSi2. The van der Waals surface area contributed by atoms with Crippen LogP contribution in [0.15, 0.2) is 0 Å². The lowest BCUT2D eigenvalue weighted by Crippen LogP contribution is -2.56. The van der Waals surface area contributed by atoms with E-state index in [1.165, 1.54) is 0 Å². The predicted molar refractivity (Wildman–Crippen MR) is 228 cm³/mol. The first-order chi connectivity index (χ1) is 20.6. The van der Waals surface area contributed by atoms with Gasteiger partial charge in [-0.2, -0.15) is 0 Å². The fourth-order valence-electron chi connectivity index (χ4n) is 4.84. The Morgan fingerprint density at radius 3 is 0.830 bits per heavy atom. The van der Waals surface area contributed by atoms with Crippen LogP contribution in [0.3, 0.4) is 0 Å². The van der Waals surface area contributed by atoms with Gasteiger partial charge in [0.1, 0.15) is 0 Å². The number of halogens is 18. The van der Waals surface area contributed by atoms with Crippen molar-refractivity contribution in [2.24, 2.45) is 0 Å². The highest BCUT2D eigenvalue weighted by molar-refractivity contribution is 6.85. The fraction of sp³-hybridized carbons (Fsp3) is 1.00. The zero-order chi connectivity index (χ0) is 37.6. The van der Waals surface area contributed by atoms with Crippen molar-refractivity contribution in [2.75, 3.05) is 0 Å². The summed E-state index contributed by atoms with van der Waals surface area (Å²) in [4.78, 5) is 0. The summed E-state index contributed by atoms with van der Waals surface area (Å²) in [6, 6.07) is 2.14. The molecule has 0 bridgehead atoms. The van der Waals surface area contributed by atoms with Crippen LogP contribution in [0.2, 0.25) is 38.3 Å². The molecule has 0 aliphatic rings. The number of alkyl halides is 18. The molecule has 0 saturated carbocycles. The van der Waals surface area contributed by atoms with E-state index in [9.17, 15) is 0 Å². The Morgan fingerprint density at radius 2 is 0.574 bits per heavy atom. The molecule has 0 aromatic heterocycles. The molecule has 0 atom stereocenters. The standard InChI is InChI=1S/C26H40Cl18OSi2/c1-46(2,17-13-9-5-7-11-15-19(27,28)21(31,32)23(35,36)25(39,40)41)45-47(3,4)18-14-10-6-8-12-16-20(29,30)22(33,34)24(37,38)26(42,43)44/h5-18H2,1-4H3. The van der Waals surface area contributed by atoms with Crippen LogP contribution in [0.4, 0.5) is 0 Å². The lowest BCUT2D eigenvalue weighted by atomic mass is 10.1. The van der Waals surface area contributed by atoms with Crippen molar-refractivity contribution in [3.63, 3.8) is 0 Å². The summed E-state index contributed by atoms with van der Waals surface area (Å²) >= 11 is 111. The summed E-state index contributed by atoms with van der Waals surface area (Å²) in [5, 5.41) is 0. The third-order valence-corrected chi connectivity index (χ3v) is 26.0. The molecule has 1 nitrogen and oxygen atoms in total. The second-order valence-electron chi connectivity index (χ2n) is 12.9. The fourth-order valence-corrected chi connectivity index (χ4v) is 18.3. The van der Waals surface area contributed by atoms with Crippen molar-refractivity contribution in [3.8, 4) is 0 Å². The van der Waals surface area contributed by atoms with E-state index in [2.05, 4.69) is 26.2 Å². The molecule has 21 heteroatoms. The molecule has 0 rings (SSSR count). The van der Waals surface area contributed by atoms with E-state index in [1.807, 2.05) is 0 Å². The van der Waals surface area contributed by atoms with Crippen molar-refractivity contribution in [3.05, 3.63) is 0 Å². The van der Waals surface area contributed by atoms with Crippen LogP contribution in [0.5, 0.6) is 0 Å². The summed E-state index contributed by atoms with van der Waals surface area (Å²) < 4.78 is -9.95. The maximum atomic E-state index is 6.80. The average molecular weight is 1060 g/mol. The molecule has 284 valence electrons. The van der Waals surface area contributed by atoms with Crippen molar-refractivity contribution in [1.29, 1.82) is 0 Å². The van der Waals surface area contributed by atoms with Gasteiger partial charge in [-0.25, -0.2) is 0 Å². The molecular weight excluding hydrogens is 1020 g/mol. The quantitative estimate of drug-likeness (QED) is 0.0596. The van der Waals surface area contributed by atoms with Gasteiger partial charge in [0.15, 0.2) is 42.6 Å². The van der Waals surface area contributed by atoms with E-state index in [1.54, 1.807) is 0 Å². The van der Waals surface area contributed by atoms with Crippen LogP contribution >= 0.6 is 209 Å². The SMILES string of the molecule is C[Si](C)(CCCCCCCC(Cl)(Cl)C(Cl)(Cl)C(Cl)(Cl)C(Cl)(Cl)Cl)O[Si](C)(C)CCCCCCCC(Cl)(Cl)C(Cl)(Cl)C(Cl)(Cl)C(Cl)(Cl)Cl. The Bertz CT molecular complexity index is 871. The molecule has 0 aromatic rings. The molecule has 0 aliphatic heterocycles. The normalized spacial score (nSPS) is 15.4. The third-order valence-electron chi connectivity index (χ3n) is 7.51. The monoisotopic (exact) mass is 1050 g/mol. The van der Waals surface area contributed by atoms with E-state index in [0.29, 0.717) is 12.8 Å². The molecule has 0 N–H and O–H groups in total. The van der Waals surface area contributed by atoms with Gasteiger partial charge in [0.2, 0.25) is 7.59 Å². The zero-order valence-electron chi connectivity index (χ0n) is 26.1. The third kappa shape index (κ3) is 15.8. The first-order valence-electron chi connectivity index (χ1n) is 14.7. The van der Waals surface area contributed by atoms with Gasteiger partial charge in [-0.3, -0.25) is 0 Å². The molecule has 0 fully saturated rings. The second-order valence-corrected chi connectivity index (χ2v) is 34.6. The van der Waals surface area contributed by atoms with Gasteiger partial charge in [-0.05, 0) is 51.1 Å². The summed E-state index contributed by atoms with van der Waals surface area (Å²) in [7, 11) is -3.67. The van der Waals surface area contributed by atoms with E-state index < -0.39 is 50.2 Å². The topological polar surface area (TPSA) is 9.23 Å². The number of unbranched alkanes of at least 4 members (excludes halogenated alkanes) is 8. The smallest absolute Gasteiger partial charge is 0.226 e. The molecule has 0 aliphatic carbocycles. The van der Waals surface area contributed by atoms with Gasteiger partial charge in [0.25, 0.3) is 0 Å². The van der Waals surface area contributed by atoms with E-state index in [0.717, 1.165) is 63.5 Å². The Balaban J connectivity index is 4.47. The maximum absolute atomic E-state index is 6.80. The Morgan fingerprint density at radius 1 is 0.340 bits per heavy atom. The van der Waals surface area contributed by atoms with Gasteiger partial charge < -0.3 is 4.12 Å². The van der Waals surface area contributed by atoms with E-state index >= 15 is 0 Å². The molecule has 0 spiro atoms.